The Morgan fingerprint density at radius 1 is 1.83 bits per heavy atom. The van der Waals surface area contributed by atoms with Crippen LogP contribution in [0, 0.1) is 0 Å². The van der Waals surface area contributed by atoms with Gasteiger partial charge in [0.05, 0.1) is 0 Å². The third kappa shape index (κ3) is 85.3. The summed E-state index contributed by atoms with van der Waals surface area (Å²) in [6.07, 6.45) is 0. The maximum atomic E-state index is 9.00. The van der Waals surface area contributed by atoms with Gasteiger partial charge in [0.15, 0.2) is 0 Å². The normalized spacial score (nSPS) is 5.00. The first kappa shape index (κ1) is 9.09. The highest BCUT2D eigenvalue weighted by Gasteiger charge is 1.67. The van der Waals surface area contributed by atoms with Crippen LogP contribution in [0.4, 0.5) is 4.79 Å². The first-order chi connectivity index (χ1) is 2.73. The van der Waals surface area contributed by atoms with Crippen LogP contribution in [-0.4, -0.2) is 25.9 Å². The molecule has 0 aliphatic heterocycles. The lowest BCUT2D eigenvalue weighted by Gasteiger charge is -1.59. The Bertz CT molecular complexity index is 34.5. The van der Waals surface area contributed by atoms with E-state index in [-0.39, 0.29) is 0 Å². The molecule has 3 N–H and O–H groups in total. The van der Waals surface area contributed by atoms with Crippen molar-refractivity contribution in [3.8, 4) is 0 Å². The summed E-state index contributed by atoms with van der Waals surface area (Å²) in [5, 5.41) is 7.42. The lowest BCUT2D eigenvalue weighted by atomic mass is 10.2. The van der Waals surface area contributed by atoms with Crippen LogP contribution in [0.1, 0.15) is 0 Å². The fraction of sp³-hybridized carbons (Fsp3) is 0.500. The summed E-state index contributed by atoms with van der Waals surface area (Å²) in [6.45, 7) is 0. The van der Waals surface area contributed by atoms with Crippen LogP contribution in [0.5, 0.6) is 0 Å². The quantitative estimate of drug-likeness (QED) is 0.369. The summed E-state index contributed by atoms with van der Waals surface area (Å²) in [6, 6.07) is 0. The largest absolute Gasteiger partial charge is 0.490 e. The summed E-state index contributed by atoms with van der Waals surface area (Å²) in [5.74, 6) is -0.833. The highest BCUT2D eigenvalue weighted by molar-refractivity contribution is 6.54. The van der Waals surface area contributed by atoms with E-state index in [1.165, 1.54) is 7.05 Å². The van der Waals surface area contributed by atoms with E-state index in [1.54, 1.807) is 0 Å². The van der Waals surface area contributed by atoms with Gasteiger partial charge in [-0.25, -0.2) is 0 Å². The molecule has 0 saturated carbocycles. The average molecular weight is 88.9 g/mol. The zero-order chi connectivity index (χ0) is 5.58. The molecule has 0 aliphatic rings. The lowest BCUT2D eigenvalue weighted by molar-refractivity contribution is 0.220. The second-order valence-electron chi connectivity index (χ2n) is 0.519. The van der Waals surface area contributed by atoms with Crippen LogP contribution in [-0.2, 0) is 0 Å². The number of hydrogen-bond donors (Lipinski definition) is 2. The average Bonchev–Trinajstić information content (AvgIpc) is 1.41. The van der Waals surface area contributed by atoms with Gasteiger partial charge in [-0.1, -0.05) is 0 Å². The molecule has 0 aromatic heterocycles. The zero-order valence-corrected chi connectivity index (χ0v) is 3.93. The first-order valence-corrected chi connectivity index (χ1v) is 1.51. The van der Waals surface area contributed by atoms with Crippen molar-refractivity contribution >= 4 is 13.7 Å². The number of nitrogens with two attached hydrogens (primary N) is 1. The van der Waals surface area contributed by atoms with Crippen LogP contribution in [0.15, 0.2) is 0 Å². The van der Waals surface area contributed by atoms with Gasteiger partial charge >= 0.3 is 0 Å². The van der Waals surface area contributed by atoms with E-state index in [0.717, 1.165) is 7.85 Å². The van der Waals surface area contributed by atoms with Gasteiger partial charge in [-0.05, 0) is 7.05 Å². The molecule has 3 nitrogen and oxygen atoms in total. The van der Waals surface area contributed by atoms with Crippen molar-refractivity contribution in [2.75, 3.05) is 7.05 Å². The summed E-state index contributed by atoms with van der Waals surface area (Å²) in [7, 11) is 2.58. The third-order valence-electron chi connectivity index (χ3n) is 0. The summed E-state index contributed by atoms with van der Waals surface area (Å²) >= 11 is 0. The first-order valence-electron chi connectivity index (χ1n) is 1.51. The van der Waals surface area contributed by atoms with E-state index >= 15 is 0 Å². The molecule has 4 heteroatoms. The maximum absolute atomic E-state index is 9.00. The van der Waals surface area contributed by atoms with E-state index in [2.05, 4.69) is 5.73 Å². The fourth-order valence-corrected chi connectivity index (χ4v) is 0. The third-order valence-corrected chi connectivity index (χ3v) is 0. The Morgan fingerprint density at radius 2 is 1.83 bits per heavy atom. The smallest absolute Gasteiger partial charge is 0.242 e. The van der Waals surface area contributed by atoms with Gasteiger partial charge in [-0.15, -0.1) is 0 Å². The molecule has 6 heavy (non-hydrogen) atoms. The maximum Gasteiger partial charge on any atom is 0.242 e. The summed E-state index contributed by atoms with van der Waals surface area (Å²) in [4.78, 5) is 9.00. The Labute approximate surface area is 37.6 Å². The van der Waals surface area contributed by atoms with Crippen molar-refractivity contribution in [2.24, 2.45) is 5.73 Å². The predicted molar refractivity (Wildman–Crippen MR) is 26.7 cm³/mol. The molecule has 0 saturated heterocycles. The van der Waals surface area contributed by atoms with Gasteiger partial charge in [0, 0.05) is 0 Å². The van der Waals surface area contributed by atoms with Crippen molar-refractivity contribution in [3.05, 3.63) is 0 Å². The van der Waals surface area contributed by atoms with Crippen LogP contribution >= 0.6 is 0 Å². The number of hydrogen-bond acceptors (Lipinski definition) is 2. The number of carbonyl (C=O) groups is 1. The van der Waals surface area contributed by atoms with Crippen LogP contribution in [0.2, 0.25) is 0 Å². The van der Waals surface area contributed by atoms with Gasteiger partial charge in [-0.2, -0.15) is 0 Å². The standard InChI is InChI=1S/CH3BO2.CH5N/c2-1(3)4;1-2/h2H2,(H,3,4);2H2,1H3. The Kier molecular flexibility index (Phi) is 13.4. The predicted octanol–water partition coefficient (Wildman–Crippen LogP) is -1.13. The van der Waals surface area contributed by atoms with Gasteiger partial charge in [0.25, 0.3) is 0 Å². The van der Waals surface area contributed by atoms with Crippen molar-refractivity contribution in [2.45, 2.75) is 0 Å². The van der Waals surface area contributed by atoms with Gasteiger partial charge < -0.3 is 10.8 Å². The molecule has 0 atom stereocenters. The minimum Gasteiger partial charge on any atom is -0.490 e. The molecule has 0 unspecified atom stereocenters. The molecule has 0 fully saturated rings. The molecule has 0 aromatic rings. The van der Waals surface area contributed by atoms with Crippen LogP contribution in [0.25, 0.3) is 0 Å². The van der Waals surface area contributed by atoms with Gasteiger partial charge in [0.1, 0.15) is 0 Å². The molecule has 0 radical (unpaired) electrons. The van der Waals surface area contributed by atoms with Gasteiger partial charge in [0.2, 0.25) is 13.7 Å². The number of carboxylic acid groups (broad SMARTS) is 1. The zero-order valence-electron chi connectivity index (χ0n) is 3.93. The van der Waals surface area contributed by atoms with E-state index < -0.39 is 5.87 Å². The molecule has 36 valence electrons. The van der Waals surface area contributed by atoms with E-state index in [4.69, 9.17) is 9.90 Å². The minimum atomic E-state index is -0.833. The molecule has 0 aromatic carbocycles. The Balaban J connectivity index is 0. The molecular weight excluding hydrogens is 80.8 g/mol. The molecule has 0 rings (SSSR count). The second-order valence-corrected chi connectivity index (χ2v) is 0.519. The van der Waals surface area contributed by atoms with Crippen molar-refractivity contribution in [1.82, 2.24) is 0 Å². The lowest BCUT2D eigenvalue weighted by Crippen LogP contribution is -1.83. The molecule has 0 aliphatic carbocycles. The molecule has 0 spiro atoms. The Morgan fingerprint density at radius 3 is 1.83 bits per heavy atom. The van der Waals surface area contributed by atoms with Crippen molar-refractivity contribution in [3.63, 3.8) is 0 Å². The highest BCUT2D eigenvalue weighted by Crippen LogP contribution is 1.41. The SMILES string of the molecule is BC(=O)O.CN. The second kappa shape index (κ2) is 8.82. The molecular formula is C2H8BNO2. The van der Waals surface area contributed by atoms with E-state index in [1.807, 2.05) is 0 Å². The van der Waals surface area contributed by atoms with Crippen LogP contribution < -0.4 is 5.73 Å². The molecule has 0 heterocycles. The van der Waals surface area contributed by atoms with Crippen LogP contribution in [0.3, 0.4) is 0 Å². The van der Waals surface area contributed by atoms with E-state index in [9.17, 15) is 0 Å². The van der Waals surface area contributed by atoms with Crippen molar-refractivity contribution in [1.29, 1.82) is 0 Å². The fourth-order valence-electron chi connectivity index (χ4n) is 0. The topological polar surface area (TPSA) is 63.3 Å². The van der Waals surface area contributed by atoms with Crippen molar-refractivity contribution < 1.29 is 9.90 Å². The number of rotatable bonds is 0. The summed E-state index contributed by atoms with van der Waals surface area (Å²) in [5.41, 5.74) is 4.50. The highest BCUT2D eigenvalue weighted by atomic mass is 16.4. The summed E-state index contributed by atoms with van der Waals surface area (Å²) < 4.78 is 0. The van der Waals surface area contributed by atoms with Gasteiger partial charge in [-0.3, -0.25) is 4.79 Å². The minimum absolute atomic E-state index is 0.833. The molecule has 0 bridgehead atoms. The van der Waals surface area contributed by atoms with E-state index in [0.29, 0.717) is 0 Å². The monoisotopic (exact) mass is 89.1 g/mol. The molecule has 0 amide bonds. The Hall–Kier alpha value is -0.505.